The fourth-order valence-corrected chi connectivity index (χ4v) is 2.68. The van der Waals surface area contributed by atoms with Crippen molar-refractivity contribution in [3.05, 3.63) is 76.3 Å². The predicted molar refractivity (Wildman–Crippen MR) is 95.2 cm³/mol. The van der Waals surface area contributed by atoms with Gasteiger partial charge in [-0.15, -0.1) is 10.2 Å². The summed E-state index contributed by atoms with van der Waals surface area (Å²) < 4.78 is 3.09. The van der Waals surface area contributed by atoms with E-state index in [1.54, 1.807) is 4.57 Å². The number of aryl methyl sites for hydroxylation is 1. The first-order valence-corrected chi connectivity index (χ1v) is 7.84. The van der Waals surface area contributed by atoms with Gasteiger partial charge in [0.15, 0.2) is 5.69 Å². The number of nitrogen functional groups attached to an aromatic ring is 1. The second kappa shape index (κ2) is 5.86. The number of benzene rings is 2. The Kier molecular flexibility index (Phi) is 3.53. The molecule has 0 bridgehead atoms. The van der Waals surface area contributed by atoms with Crippen molar-refractivity contribution in [2.45, 2.75) is 13.5 Å². The lowest BCUT2D eigenvalue weighted by Crippen LogP contribution is -2.26. The molecule has 2 aromatic heterocycles. The van der Waals surface area contributed by atoms with Crippen molar-refractivity contribution >= 4 is 11.5 Å². The van der Waals surface area contributed by atoms with Crippen LogP contribution in [0.3, 0.4) is 0 Å². The molecule has 2 aromatic carbocycles. The molecule has 0 amide bonds. The van der Waals surface area contributed by atoms with Crippen LogP contribution in [0, 0.1) is 6.92 Å². The second-order valence-electron chi connectivity index (χ2n) is 5.92. The molecule has 7 nitrogen and oxygen atoms in total. The number of aromatic nitrogens is 5. The number of rotatable bonds is 3. The zero-order chi connectivity index (χ0) is 17.4. The Morgan fingerprint density at radius 3 is 2.48 bits per heavy atom. The van der Waals surface area contributed by atoms with E-state index >= 15 is 0 Å². The van der Waals surface area contributed by atoms with Gasteiger partial charge in [-0.2, -0.15) is 9.61 Å². The average Bonchev–Trinajstić information content (AvgIpc) is 3.08. The lowest BCUT2D eigenvalue weighted by atomic mass is 10.1. The van der Waals surface area contributed by atoms with E-state index in [2.05, 4.69) is 15.3 Å². The van der Waals surface area contributed by atoms with Gasteiger partial charge in [-0.05, 0) is 24.6 Å². The lowest BCUT2D eigenvalue weighted by molar-refractivity contribution is 0.722. The zero-order valence-electron chi connectivity index (χ0n) is 13.6. The smallest absolute Gasteiger partial charge is 0.282 e. The van der Waals surface area contributed by atoms with Crippen LogP contribution in [0.1, 0.15) is 11.1 Å². The SMILES string of the molecule is Cc1ccc(-c2nn3cnnc3n(Cc3ccc(N)cc3)c2=O)cc1. The van der Waals surface area contributed by atoms with Gasteiger partial charge >= 0.3 is 0 Å². The number of anilines is 1. The minimum atomic E-state index is -0.207. The van der Waals surface area contributed by atoms with Crippen LogP contribution in [0.2, 0.25) is 0 Å². The Morgan fingerprint density at radius 1 is 1.04 bits per heavy atom. The second-order valence-corrected chi connectivity index (χ2v) is 5.92. The Bertz CT molecular complexity index is 1090. The van der Waals surface area contributed by atoms with E-state index in [4.69, 9.17) is 5.73 Å². The monoisotopic (exact) mass is 332 g/mol. The van der Waals surface area contributed by atoms with Crippen molar-refractivity contribution in [2.24, 2.45) is 0 Å². The molecule has 0 fully saturated rings. The van der Waals surface area contributed by atoms with Gasteiger partial charge in [0.25, 0.3) is 11.3 Å². The van der Waals surface area contributed by atoms with Gasteiger partial charge in [0, 0.05) is 11.3 Å². The summed E-state index contributed by atoms with van der Waals surface area (Å²) in [6.07, 6.45) is 1.49. The highest BCUT2D eigenvalue weighted by Gasteiger charge is 2.14. The van der Waals surface area contributed by atoms with Gasteiger partial charge < -0.3 is 5.73 Å². The number of nitrogens with zero attached hydrogens (tertiary/aromatic N) is 5. The molecule has 0 saturated heterocycles. The third-order valence-electron chi connectivity index (χ3n) is 4.06. The van der Waals surface area contributed by atoms with Crippen molar-refractivity contribution in [3.8, 4) is 11.3 Å². The predicted octanol–water partition coefficient (Wildman–Crippen LogP) is 1.89. The van der Waals surface area contributed by atoms with Crippen LogP contribution in [0.15, 0.2) is 59.7 Å². The largest absolute Gasteiger partial charge is 0.399 e. The zero-order valence-corrected chi connectivity index (χ0v) is 13.6. The number of nitrogens with two attached hydrogens (primary N) is 1. The minimum absolute atomic E-state index is 0.207. The van der Waals surface area contributed by atoms with E-state index in [-0.39, 0.29) is 5.56 Å². The third-order valence-corrected chi connectivity index (χ3v) is 4.06. The van der Waals surface area contributed by atoms with Gasteiger partial charge in [0.05, 0.1) is 6.54 Å². The fraction of sp³-hybridized carbons (Fsp3) is 0.111. The van der Waals surface area contributed by atoms with Gasteiger partial charge in [0.1, 0.15) is 6.33 Å². The first kappa shape index (κ1) is 15.1. The van der Waals surface area contributed by atoms with Crippen molar-refractivity contribution in [1.82, 2.24) is 24.4 Å². The lowest BCUT2D eigenvalue weighted by Gasteiger charge is -2.10. The molecule has 0 aliphatic carbocycles. The maximum Gasteiger partial charge on any atom is 0.282 e. The molecule has 0 aliphatic heterocycles. The van der Waals surface area contributed by atoms with E-state index in [1.165, 1.54) is 10.8 Å². The van der Waals surface area contributed by atoms with Gasteiger partial charge in [-0.3, -0.25) is 9.36 Å². The first-order chi connectivity index (χ1) is 12.1. The van der Waals surface area contributed by atoms with Crippen molar-refractivity contribution in [2.75, 3.05) is 5.73 Å². The molecule has 0 unspecified atom stereocenters. The normalized spacial score (nSPS) is 11.1. The van der Waals surface area contributed by atoms with Crippen LogP contribution >= 0.6 is 0 Å². The summed E-state index contributed by atoms with van der Waals surface area (Å²) in [6.45, 7) is 2.36. The third kappa shape index (κ3) is 2.76. The van der Waals surface area contributed by atoms with Crippen molar-refractivity contribution < 1.29 is 0 Å². The van der Waals surface area contributed by atoms with E-state index in [0.717, 1.165) is 16.7 Å². The first-order valence-electron chi connectivity index (χ1n) is 7.84. The summed E-state index contributed by atoms with van der Waals surface area (Å²) in [5.74, 6) is 0.401. The highest BCUT2D eigenvalue weighted by atomic mass is 16.1. The molecule has 0 saturated carbocycles. The summed E-state index contributed by atoms with van der Waals surface area (Å²) in [4.78, 5) is 13.0. The quantitative estimate of drug-likeness (QED) is 0.579. The highest BCUT2D eigenvalue weighted by molar-refractivity contribution is 5.58. The van der Waals surface area contributed by atoms with E-state index in [1.807, 2.05) is 55.5 Å². The summed E-state index contributed by atoms with van der Waals surface area (Å²) in [5.41, 5.74) is 9.40. The molecule has 0 radical (unpaired) electrons. The Hall–Kier alpha value is -3.48. The summed E-state index contributed by atoms with van der Waals surface area (Å²) in [5, 5.41) is 12.3. The average molecular weight is 332 g/mol. The molecule has 7 heteroatoms. The maximum atomic E-state index is 13.0. The van der Waals surface area contributed by atoms with E-state index < -0.39 is 0 Å². The van der Waals surface area contributed by atoms with Gasteiger partial charge in [-0.1, -0.05) is 42.0 Å². The Labute approximate surface area is 143 Å². The van der Waals surface area contributed by atoms with Gasteiger partial charge in [-0.25, -0.2) is 0 Å². The molecule has 0 spiro atoms. The number of hydrogen-bond donors (Lipinski definition) is 1. The molecule has 4 aromatic rings. The molecule has 0 atom stereocenters. The number of fused-ring (bicyclic) bond motifs is 1. The Morgan fingerprint density at radius 2 is 1.76 bits per heavy atom. The fourth-order valence-electron chi connectivity index (χ4n) is 2.68. The molecule has 124 valence electrons. The highest BCUT2D eigenvalue weighted by Crippen LogP contribution is 2.15. The standard InChI is InChI=1S/C18H16N6O/c1-12-2-6-14(7-3-12)16-17(25)23(18-21-20-11-24(18)22-16)10-13-4-8-15(19)9-5-13/h2-9,11H,10,19H2,1H3. The van der Waals surface area contributed by atoms with Crippen LogP contribution in [0.25, 0.3) is 17.0 Å². The Balaban J connectivity index is 1.89. The van der Waals surface area contributed by atoms with Crippen LogP contribution in [0.5, 0.6) is 0 Å². The minimum Gasteiger partial charge on any atom is -0.399 e. The van der Waals surface area contributed by atoms with E-state index in [9.17, 15) is 4.79 Å². The molecule has 0 aliphatic rings. The molecule has 25 heavy (non-hydrogen) atoms. The molecule has 2 N–H and O–H groups in total. The van der Waals surface area contributed by atoms with Gasteiger partial charge in [0.2, 0.25) is 0 Å². The van der Waals surface area contributed by atoms with Crippen molar-refractivity contribution in [1.29, 1.82) is 0 Å². The van der Waals surface area contributed by atoms with E-state index in [0.29, 0.717) is 23.7 Å². The summed E-state index contributed by atoms with van der Waals surface area (Å²) in [7, 11) is 0. The topological polar surface area (TPSA) is 91.1 Å². The summed E-state index contributed by atoms with van der Waals surface area (Å²) in [6, 6.07) is 15.1. The molecular weight excluding hydrogens is 316 g/mol. The van der Waals surface area contributed by atoms with Crippen LogP contribution in [0.4, 0.5) is 5.69 Å². The molecule has 4 rings (SSSR count). The van der Waals surface area contributed by atoms with Crippen LogP contribution in [-0.2, 0) is 6.54 Å². The van der Waals surface area contributed by atoms with Crippen molar-refractivity contribution in [3.63, 3.8) is 0 Å². The molecular formula is C18H16N6O. The van der Waals surface area contributed by atoms with Crippen LogP contribution in [-0.4, -0.2) is 24.4 Å². The summed E-state index contributed by atoms with van der Waals surface area (Å²) >= 11 is 0. The maximum absolute atomic E-state index is 13.0. The molecule has 2 heterocycles. The number of hydrogen-bond acceptors (Lipinski definition) is 5. The van der Waals surface area contributed by atoms with Crippen LogP contribution < -0.4 is 11.3 Å².